The summed E-state index contributed by atoms with van der Waals surface area (Å²) in [6.07, 6.45) is 6.46. The Morgan fingerprint density at radius 2 is 2.07 bits per heavy atom. The summed E-state index contributed by atoms with van der Waals surface area (Å²) >= 11 is 0. The molecule has 3 aromatic rings. The highest BCUT2D eigenvalue weighted by Crippen LogP contribution is 2.45. The first-order chi connectivity index (χ1) is 14.5. The Hall–Kier alpha value is -2.55. The van der Waals surface area contributed by atoms with Crippen LogP contribution in [0.1, 0.15) is 50.3 Å². The Bertz CT molecular complexity index is 1050. The van der Waals surface area contributed by atoms with Gasteiger partial charge < -0.3 is 21.3 Å². The molecule has 0 saturated heterocycles. The average Bonchev–Trinajstić information content (AvgIpc) is 3.46. The zero-order valence-electron chi connectivity index (χ0n) is 17.1. The van der Waals surface area contributed by atoms with E-state index in [1.54, 1.807) is 6.20 Å². The van der Waals surface area contributed by atoms with E-state index in [0.717, 1.165) is 41.9 Å². The summed E-state index contributed by atoms with van der Waals surface area (Å²) in [6.45, 7) is 2.28. The fourth-order valence-electron chi connectivity index (χ4n) is 4.12. The summed E-state index contributed by atoms with van der Waals surface area (Å²) in [5.41, 5.74) is 10.8. The topological polar surface area (TPSA) is 122 Å². The van der Waals surface area contributed by atoms with Gasteiger partial charge in [-0.1, -0.05) is 6.07 Å². The highest BCUT2D eigenvalue weighted by Gasteiger charge is 2.34. The van der Waals surface area contributed by atoms with E-state index in [1.807, 2.05) is 18.2 Å². The van der Waals surface area contributed by atoms with Crippen molar-refractivity contribution >= 4 is 16.7 Å². The molecule has 2 fully saturated rings. The maximum absolute atomic E-state index is 9.97. The second kappa shape index (κ2) is 7.61. The van der Waals surface area contributed by atoms with Gasteiger partial charge in [0.15, 0.2) is 0 Å². The maximum Gasteiger partial charge on any atom is 0.150 e. The van der Waals surface area contributed by atoms with Gasteiger partial charge in [-0.3, -0.25) is 9.67 Å². The van der Waals surface area contributed by atoms with E-state index in [9.17, 15) is 10.2 Å². The first-order valence-corrected chi connectivity index (χ1v) is 10.7. The van der Waals surface area contributed by atoms with Crippen LogP contribution in [-0.4, -0.2) is 48.8 Å². The summed E-state index contributed by atoms with van der Waals surface area (Å²) in [5.74, 6) is 1.12. The molecule has 2 saturated carbocycles. The number of para-hydroxylation sites is 1. The van der Waals surface area contributed by atoms with Gasteiger partial charge in [-0.15, -0.1) is 0 Å². The van der Waals surface area contributed by atoms with Crippen LogP contribution in [0.3, 0.4) is 0 Å². The predicted molar refractivity (Wildman–Crippen MR) is 115 cm³/mol. The van der Waals surface area contributed by atoms with Crippen molar-refractivity contribution in [2.75, 3.05) is 11.9 Å². The van der Waals surface area contributed by atoms with Crippen LogP contribution < -0.4 is 11.1 Å². The van der Waals surface area contributed by atoms with Gasteiger partial charge in [0.05, 0.1) is 40.9 Å². The zero-order valence-corrected chi connectivity index (χ0v) is 17.1. The molecule has 0 spiro atoms. The molecule has 158 valence electrons. The minimum atomic E-state index is -1.07. The molecule has 8 nitrogen and oxygen atoms in total. The normalized spacial score (nSPS) is 23.2. The van der Waals surface area contributed by atoms with Crippen molar-refractivity contribution in [2.24, 2.45) is 11.7 Å². The molecule has 0 amide bonds. The molecule has 2 atom stereocenters. The van der Waals surface area contributed by atoms with E-state index in [-0.39, 0.29) is 0 Å². The Kier molecular flexibility index (Phi) is 4.92. The molecule has 0 radical (unpaired) electrons. The van der Waals surface area contributed by atoms with Crippen molar-refractivity contribution in [3.63, 3.8) is 0 Å². The highest BCUT2D eigenvalue weighted by molar-refractivity contribution is 5.89. The van der Waals surface area contributed by atoms with E-state index < -0.39 is 12.3 Å². The van der Waals surface area contributed by atoms with Gasteiger partial charge in [0.25, 0.3) is 0 Å². The number of aromatic nitrogens is 4. The lowest BCUT2D eigenvalue weighted by atomic mass is 9.80. The summed E-state index contributed by atoms with van der Waals surface area (Å²) in [4.78, 5) is 9.49. The van der Waals surface area contributed by atoms with Crippen LogP contribution in [0.4, 0.5) is 5.69 Å². The summed E-state index contributed by atoms with van der Waals surface area (Å²) in [7, 11) is 0. The third-order valence-electron chi connectivity index (χ3n) is 6.25. The van der Waals surface area contributed by atoms with Crippen LogP contribution in [0.2, 0.25) is 0 Å². The highest BCUT2D eigenvalue weighted by atomic mass is 16.3. The standard InChI is InChI=1S/C22H28N6O2/c1-12(29)22(30)26-18-4-2-3-17-21(18)24-10-19(25-17)16-11-28(15-7-13(8-15)9-23)27-20(16)14-5-6-14/h2-4,10-15,22,26,29-30H,5-9,23H2,1H3. The van der Waals surface area contributed by atoms with Crippen LogP contribution in [-0.2, 0) is 0 Å². The van der Waals surface area contributed by atoms with Gasteiger partial charge in [-0.2, -0.15) is 5.10 Å². The van der Waals surface area contributed by atoms with Crippen LogP contribution in [0.15, 0.2) is 30.6 Å². The van der Waals surface area contributed by atoms with Crippen molar-refractivity contribution < 1.29 is 10.2 Å². The summed E-state index contributed by atoms with van der Waals surface area (Å²) in [5, 5.41) is 27.4. The second-order valence-corrected chi connectivity index (χ2v) is 8.67. The molecule has 0 aliphatic heterocycles. The SMILES string of the molecule is CC(O)C(O)Nc1cccc2nc(-c3cn(C4CC(CN)C4)nc3C3CC3)cnc12. The van der Waals surface area contributed by atoms with Crippen molar-refractivity contribution in [3.05, 3.63) is 36.3 Å². The number of fused-ring (bicyclic) bond motifs is 1. The largest absolute Gasteiger partial charge is 0.389 e. The molecule has 2 aliphatic rings. The lowest BCUT2D eigenvalue weighted by molar-refractivity contribution is 0.0498. The third kappa shape index (κ3) is 3.55. The van der Waals surface area contributed by atoms with Gasteiger partial charge in [-0.25, -0.2) is 4.98 Å². The third-order valence-corrected chi connectivity index (χ3v) is 6.25. The fraction of sp³-hybridized carbons (Fsp3) is 0.500. The number of benzene rings is 1. The number of nitrogens with zero attached hydrogens (tertiary/aromatic N) is 4. The van der Waals surface area contributed by atoms with Crippen LogP contribution in [0, 0.1) is 5.92 Å². The van der Waals surface area contributed by atoms with E-state index >= 15 is 0 Å². The quantitative estimate of drug-likeness (QED) is 0.443. The van der Waals surface area contributed by atoms with Gasteiger partial charge in [0, 0.05) is 17.7 Å². The maximum atomic E-state index is 9.97. The van der Waals surface area contributed by atoms with E-state index in [1.165, 1.54) is 19.8 Å². The fourth-order valence-corrected chi connectivity index (χ4v) is 4.12. The van der Waals surface area contributed by atoms with Gasteiger partial charge in [-0.05, 0) is 57.2 Å². The minimum Gasteiger partial charge on any atom is -0.389 e. The van der Waals surface area contributed by atoms with Crippen molar-refractivity contribution in [1.82, 2.24) is 19.7 Å². The Morgan fingerprint density at radius 3 is 2.77 bits per heavy atom. The zero-order chi connectivity index (χ0) is 20.8. The average molecular weight is 409 g/mol. The van der Waals surface area contributed by atoms with E-state index in [2.05, 4.69) is 21.2 Å². The molecule has 30 heavy (non-hydrogen) atoms. The number of rotatable bonds is 7. The Morgan fingerprint density at radius 1 is 1.27 bits per heavy atom. The minimum absolute atomic E-state index is 0.427. The Labute approximate surface area is 175 Å². The molecule has 5 rings (SSSR count). The molecular formula is C22H28N6O2. The van der Waals surface area contributed by atoms with Crippen LogP contribution in [0.5, 0.6) is 0 Å². The van der Waals surface area contributed by atoms with Crippen LogP contribution in [0.25, 0.3) is 22.3 Å². The van der Waals surface area contributed by atoms with Crippen molar-refractivity contribution in [2.45, 2.75) is 56.9 Å². The molecular weight excluding hydrogens is 380 g/mol. The number of hydrogen-bond acceptors (Lipinski definition) is 7. The number of nitrogens with two attached hydrogens (primary N) is 1. The van der Waals surface area contributed by atoms with E-state index in [4.69, 9.17) is 15.8 Å². The van der Waals surface area contributed by atoms with Crippen LogP contribution >= 0.6 is 0 Å². The monoisotopic (exact) mass is 408 g/mol. The van der Waals surface area contributed by atoms with E-state index in [0.29, 0.717) is 29.1 Å². The van der Waals surface area contributed by atoms with Gasteiger partial charge in [0.2, 0.25) is 0 Å². The lowest BCUT2D eigenvalue weighted by Gasteiger charge is -2.34. The molecule has 0 bridgehead atoms. The summed E-state index contributed by atoms with van der Waals surface area (Å²) < 4.78 is 2.11. The molecule has 2 unspecified atom stereocenters. The van der Waals surface area contributed by atoms with Crippen molar-refractivity contribution in [1.29, 1.82) is 0 Å². The first-order valence-electron chi connectivity index (χ1n) is 10.7. The Balaban J connectivity index is 1.48. The summed E-state index contributed by atoms with van der Waals surface area (Å²) in [6, 6.07) is 6.02. The smallest absolute Gasteiger partial charge is 0.150 e. The molecule has 5 N–H and O–H groups in total. The molecule has 1 aromatic carbocycles. The molecule has 2 aliphatic carbocycles. The molecule has 8 heteroatoms. The predicted octanol–water partition coefficient (Wildman–Crippen LogP) is 2.39. The number of anilines is 1. The van der Waals surface area contributed by atoms with Gasteiger partial charge in [0.1, 0.15) is 11.7 Å². The number of aliphatic hydroxyl groups excluding tert-OH is 2. The van der Waals surface area contributed by atoms with Crippen molar-refractivity contribution in [3.8, 4) is 11.3 Å². The second-order valence-electron chi connectivity index (χ2n) is 8.67. The van der Waals surface area contributed by atoms with Gasteiger partial charge >= 0.3 is 0 Å². The first kappa shape index (κ1) is 19.4. The molecule has 2 aromatic heterocycles. The number of hydrogen-bond donors (Lipinski definition) is 4. The lowest BCUT2D eigenvalue weighted by Crippen LogP contribution is -2.32. The number of aliphatic hydroxyl groups is 2. The molecule has 2 heterocycles. The number of nitrogens with one attached hydrogen (secondary N) is 1.